The lowest BCUT2D eigenvalue weighted by Gasteiger charge is -2.46. The molecule has 0 aliphatic carbocycles. The van der Waals surface area contributed by atoms with Crippen molar-refractivity contribution in [2.45, 2.75) is 59.4 Å². The molecule has 1 aliphatic heterocycles. The fourth-order valence-electron chi connectivity index (χ4n) is 3.98. The van der Waals surface area contributed by atoms with Crippen LogP contribution in [0.4, 0.5) is 0 Å². The van der Waals surface area contributed by atoms with E-state index in [0.29, 0.717) is 12.2 Å². The van der Waals surface area contributed by atoms with Gasteiger partial charge in [0.1, 0.15) is 0 Å². The third-order valence-electron chi connectivity index (χ3n) is 5.88. The molecule has 1 fully saturated rings. The first-order valence-electron chi connectivity index (χ1n) is 8.28. The predicted octanol–water partition coefficient (Wildman–Crippen LogP) is 3.82. The van der Waals surface area contributed by atoms with E-state index in [1.807, 2.05) is 0 Å². The summed E-state index contributed by atoms with van der Waals surface area (Å²) in [6.45, 7) is 14.2. The van der Waals surface area contributed by atoms with Crippen LogP contribution in [-0.4, -0.2) is 35.4 Å². The van der Waals surface area contributed by atoms with Crippen LogP contribution in [-0.2, 0) is 11.2 Å². The molecule has 0 spiro atoms. The predicted molar refractivity (Wildman–Crippen MR) is 88.5 cm³/mol. The van der Waals surface area contributed by atoms with E-state index in [9.17, 15) is 4.79 Å². The molecule has 2 rings (SSSR count). The molecule has 0 saturated carbocycles. The Balaban J connectivity index is 2.26. The third kappa shape index (κ3) is 2.78. The van der Waals surface area contributed by atoms with E-state index < -0.39 is 0 Å². The minimum atomic E-state index is -0.278. The number of hydrogen-bond acceptors (Lipinski definition) is 1. The van der Waals surface area contributed by atoms with Crippen LogP contribution in [0.15, 0.2) is 18.2 Å². The second-order valence-corrected chi connectivity index (χ2v) is 7.15. The Labute approximate surface area is 129 Å². The van der Waals surface area contributed by atoms with Gasteiger partial charge in [-0.2, -0.15) is 0 Å². The topological polar surface area (TPSA) is 17.1 Å². The summed E-state index contributed by atoms with van der Waals surface area (Å²) in [4.78, 5) is 13.1. The molecule has 2 heteroatoms. The molecule has 1 saturated heterocycles. The number of benzene rings is 1. The van der Waals surface area contributed by atoms with Crippen LogP contribution in [0.25, 0.3) is 0 Å². The van der Waals surface area contributed by atoms with Gasteiger partial charge in [0, 0.05) is 19.3 Å². The molecule has 21 heavy (non-hydrogen) atoms. The summed E-state index contributed by atoms with van der Waals surface area (Å²) in [5.41, 5.74) is 3.43. The van der Waals surface area contributed by atoms with E-state index in [-0.39, 0.29) is 5.54 Å². The maximum atomic E-state index is 13.1. The van der Waals surface area contributed by atoms with E-state index in [1.165, 1.54) is 29.5 Å². The standard InChI is InChI=1S/C19H30NO/c1-6-20(12-7-8-13-20)19(4,5)18(21)14-17-15(2)10-9-11-16(17)3/h9-11H,6-8,12-14H2,1-5H3/q+1. The van der Waals surface area contributed by atoms with Gasteiger partial charge in [0.05, 0.1) is 19.6 Å². The molecule has 0 unspecified atom stereocenters. The monoisotopic (exact) mass is 288 g/mol. The SMILES string of the molecule is CC[N+]1(C(C)(C)C(=O)Cc2c(C)cccc2C)CCCC1. The molecular formula is C19H30NO+. The quantitative estimate of drug-likeness (QED) is 0.753. The highest BCUT2D eigenvalue weighted by Gasteiger charge is 2.49. The number of likely N-dealkylation sites (tertiary alicyclic amines) is 1. The second kappa shape index (κ2) is 5.92. The summed E-state index contributed by atoms with van der Waals surface area (Å²) in [5.74, 6) is 0.392. The minimum Gasteiger partial charge on any atom is -0.313 e. The van der Waals surface area contributed by atoms with Crippen LogP contribution in [0.2, 0.25) is 0 Å². The Bertz CT molecular complexity index is 504. The van der Waals surface area contributed by atoms with Crippen molar-refractivity contribution in [3.63, 3.8) is 0 Å². The van der Waals surface area contributed by atoms with Gasteiger partial charge < -0.3 is 4.48 Å². The fourth-order valence-corrected chi connectivity index (χ4v) is 3.98. The average molecular weight is 288 g/mol. The van der Waals surface area contributed by atoms with Gasteiger partial charge in [-0.05, 0) is 51.3 Å². The number of carbonyl (C=O) groups excluding carboxylic acids is 1. The van der Waals surface area contributed by atoms with Crippen molar-refractivity contribution in [3.05, 3.63) is 34.9 Å². The van der Waals surface area contributed by atoms with Gasteiger partial charge in [-0.15, -0.1) is 0 Å². The first kappa shape index (κ1) is 16.2. The molecule has 2 nitrogen and oxygen atoms in total. The molecule has 116 valence electrons. The van der Waals surface area contributed by atoms with Gasteiger partial charge in [-0.3, -0.25) is 4.79 Å². The summed E-state index contributed by atoms with van der Waals surface area (Å²) >= 11 is 0. The van der Waals surface area contributed by atoms with Crippen LogP contribution in [0.3, 0.4) is 0 Å². The number of aryl methyl sites for hydroxylation is 2. The highest BCUT2D eigenvalue weighted by molar-refractivity contribution is 5.88. The van der Waals surface area contributed by atoms with Crippen molar-refractivity contribution in [2.24, 2.45) is 0 Å². The maximum absolute atomic E-state index is 13.1. The molecule has 0 amide bonds. The Kier molecular flexibility index (Phi) is 4.57. The smallest absolute Gasteiger partial charge is 0.196 e. The van der Waals surface area contributed by atoms with Gasteiger partial charge >= 0.3 is 0 Å². The van der Waals surface area contributed by atoms with Crippen molar-refractivity contribution >= 4 is 5.78 Å². The largest absolute Gasteiger partial charge is 0.313 e. The summed E-state index contributed by atoms with van der Waals surface area (Å²) in [7, 11) is 0. The van der Waals surface area contributed by atoms with Crippen LogP contribution in [0.5, 0.6) is 0 Å². The zero-order chi connectivity index (χ0) is 15.7. The number of likely N-dealkylation sites (N-methyl/N-ethyl adjacent to an activating group) is 1. The Hall–Kier alpha value is -1.15. The van der Waals surface area contributed by atoms with Crippen molar-refractivity contribution in [1.29, 1.82) is 0 Å². The first-order valence-corrected chi connectivity index (χ1v) is 8.28. The molecule has 1 heterocycles. The lowest BCUT2D eigenvalue weighted by molar-refractivity contribution is -0.950. The molecule has 0 N–H and O–H groups in total. The van der Waals surface area contributed by atoms with Crippen LogP contribution in [0, 0.1) is 13.8 Å². The summed E-state index contributed by atoms with van der Waals surface area (Å²) < 4.78 is 0.969. The Morgan fingerprint density at radius 2 is 1.67 bits per heavy atom. The lowest BCUT2D eigenvalue weighted by atomic mass is 9.87. The van der Waals surface area contributed by atoms with Crippen molar-refractivity contribution < 1.29 is 9.28 Å². The van der Waals surface area contributed by atoms with Gasteiger partial charge in [0.25, 0.3) is 0 Å². The van der Waals surface area contributed by atoms with Crippen LogP contribution >= 0.6 is 0 Å². The molecule has 0 aromatic heterocycles. The average Bonchev–Trinajstić information content (AvgIpc) is 2.93. The maximum Gasteiger partial charge on any atom is 0.196 e. The van der Waals surface area contributed by atoms with Gasteiger partial charge in [-0.25, -0.2) is 0 Å². The molecule has 1 aliphatic rings. The number of Topliss-reactive ketones (excluding diaryl/α,β-unsaturated/α-hetero) is 1. The molecule has 0 radical (unpaired) electrons. The third-order valence-corrected chi connectivity index (χ3v) is 5.88. The normalized spacial score (nSPS) is 18.0. The number of carbonyl (C=O) groups is 1. The molecule has 0 atom stereocenters. The van der Waals surface area contributed by atoms with E-state index in [4.69, 9.17) is 0 Å². The van der Waals surface area contributed by atoms with E-state index >= 15 is 0 Å². The zero-order valence-electron chi connectivity index (χ0n) is 14.3. The Morgan fingerprint density at radius 3 is 2.14 bits per heavy atom. The summed E-state index contributed by atoms with van der Waals surface area (Å²) in [6, 6.07) is 6.30. The molecular weight excluding hydrogens is 258 g/mol. The molecule has 1 aromatic rings. The van der Waals surface area contributed by atoms with E-state index in [2.05, 4.69) is 52.8 Å². The molecule has 1 aromatic carbocycles. The van der Waals surface area contributed by atoms with E-state index in [0.717, 1.165) is 24.1 Å². The number of quaternary nitrogens is 1. The zero-order valence-corrected chi connectivity index (χ0v) is 14.3. The van der Waals surface area contributed by atoms with Gasteiger partial charge in [0.15, 0.2) is 11.3 Å². The summed E-state index contributed by atoms with van der Waals surface area (Å²) in [5, 5.41) is 0. The lowest BCUT2D eigenvalue weighted by Crippen LogP contribution is -2.64. The number of rotatable bonds is 5. The fraction of sp³-hybridized carbons (Fsp3) is 0.632. The highest BCUT2D eigenvalue weighted by Crippen LogP contribution is 2.33. The number of nitrogens with zero attached hydrogens (tertiary/aromatic N) is 1. The summed E-state index contributed by atoms with van der Waals surface area (Å²) in [6.07, 6.45) is 3.09. The van der Waals surface area contributed by atoms with Crippen molar-refractivity contribution in [3.8, 4) is 0 Å². The van der Waals surface area contributed by atoms with Gasteiger partial charge in [-0.1, -0.05) is 18.2 Å². The highest BCUT2D eigenvalue weighted by atomic mass is 16.1. The van der Waals surface area contributed by atoms with Crippen LogP contribution < -0.4 is 0 Å². The van der Waals surface area contributed by atoms with Crippen molar-refractivity contribution in [1.82, 2.24) is 0 Å². The number of hydrogen-bond donors (Lipinski definition) is 0. The number of ketones is 1. The van der Waals surface area contributed by atoms with E-state index in [1.54, 1.807) is 0 Å². The Morgan fingerprint density at radius 1 is 1.14 bits per heavy atom. The van der Waals surface area contributed by atoms with Gasteiger partial charge in [0.2, 0.25) is 0 Å². The molecule has 0 bridgehead atoms. The minimum absolute atomic E-state index is 0.278. The first-order chi connectivity index (χ1) is 9.84. The second-order valence-electron chi connectivity index (χ2n) is 7.15. The van der Waals surface area contributed by atoms with Crippen molar-refractivity contribution in [2.75, 3.05) is 19.6 Å². The van der Waals surface area contributed by atoms with Crippen LogP contribution in [0.1, 0.15) is 50.3 Å².